The molecule has 2 nitrogen and oxygen atoms in total. The fraction of sp³-hybridized carbons (Fsp3) is 0.143. The lowest BCUT2D eigenvalue weighted by molar-refractivity contribution is -0.107. The summed E-state index contributed by atoms with van der Waals surface area (Å²) in [6.45, 7) is 0. The lowest BCUT2D eigenvalue weighted by Gasteiger charge is -2.00. The van der Waals surface area contributed by atoms with E-state index >= 15 is 0 Å². The van der Waals surface area contributed by atoms with Crippen LogP contribution in [0, 0.1) is 0 Å². The van der Waals surface area contributed by atoms with Crippen molar-refractivity contribution in [3.8, 4) is 0 Å². The summed E-state index contributed by atoms with van der Waals surface area (Å²) in [6.07, 6.45) is 4.90. The average Bonchev–Trinajstić information content (AvgIpc) is 2.03. The predicted molar refractivity (Wildman–Crippen MR) is 53.8 cm³/mol. The molecule has 0 unspecified atom stereocenters. The zero-order valence-electron chi connectivity index (χ0n) is 6.72. The van der Waals surface area contributed by atoms with Gasteiger partial charge in [0.1, 0.15) is 0 Å². The van der Waals surface area contributed by atoms with Gasteiger partial charge in [0.15, 0.2) is 0 Å². The summed E-state index contributed by atoms with van der Waals surface area (Å²) in [6, 6.07) is 0. The number of aromatic nitrogens is 1. The van der Waals surface area contributed by atoms with Gasteiger partial charge in [-0.05, 0) is 6.26 Å². The molecule has 1 heterocycles. The van der Waals surface area contributed by atoms with Crippen LogP contribution in [0.2, 0.25) is 10.0 Å². The molecule has 0 bridgehead atoms. The molecule has 0 radical (unpaired) electrons. The molecule has 6 heteroatoms. The van der Waals surface area contributed by atoms with Crippen LogP contribution in [0.3, 0.4) is 0 Å². The standard InChI is InChI=1S/C7H6Cl2N2S.HI/c1-12-7(10)6-4(8)2-11-3-5(6)9;/h2-3,10H,1H3;1H. The zero-order valence-corrected chi connectivity index (χ0v) is 11.2. The van der Waals surface area contributed by atoms with E-state index in [0.29, 0.717) is 20.7 Å². The number of hydrogen-bond acceptors (Lipinski definition) is 2. The predicted octanol–water partition coefficient (Wildman–Crippen LogP) is -1.74. The third-order valence-corrected chi connectivity index (χ3v) is 2.54. The molecular formula is C7H7Cl2IN2S. The van der Waals surface area contributed by atoms with Crippen LogP contribution < -0.4 is 29.4 Å². The largest absolute Gasteiger partial charge is 1.00 e. The number of hydrogen-bond donors (Lipinski definition) is 1. The molecule has 2 N–H and O–H groups in total. The minimum Gasteiger partial charge on any atom is -1.00 e. The normalized spacial score (nSPS) is 9.15. The number of halogens is 3. The molecule has 0 saturated heterocycles. The zero-order chi connectivity index (χ0) is 9.14. The van der Waals surface area contributed by atoms with E-state index in [1.165, 1.54) is 24.2 Å². The quantitative estimate of drug-likeness (QED) is 0.372. The Morgan fingerprint density at radius 2 is 1.85 bits per heavy atom. The topological polar surface area (TPSA) is 38.5 Å². The van der Waals surface area contributed by atoms with Crippen molar-refractivity contribution in [3.63, 3.8) is 0 Å². The van der Waals surface area contributed by atoms with Crippen molar-refractivity contribution in [3.05, 3.63) is 28.0 Å². The first-order chi connectivity index (χ1) is 5.66. The van der Waals surface area contributed by atoms with Crippen molar-refractivity contribution in [1.82, 2.24) is 4.98 Å². The average molecular weight is 349 g/mol. The van der Waals surface area contributed by atoms with Crippen molar-refractivity contribution < 1.29 is 29.4 Å². The lowest BCUT2D eigenvalue weighted by atomic mass is 10.3. The minimum absolute atomic E-state index is 0. The van der Waals surface area contributed by atoms with Crippen molar-refractivity contribution in [1.29, 1.82) is 0 Å². The fourth-order valence-corrected chi connectivity index (χ4v) is 1.85. The summed E-state index contributed by atoms with van der Waals surface area (Å²) < 4.78 is 0. The van der Waals surface area contributed by atoms with Gasteiger partial charge < -0.3 is 24.0 Å². The minimum atomic E-state index is 0. The number of nitrogens with two attached hydrogens (primary N) is 1. The van der Waals surface area contributed by atoms with E-state index in [-0.39, 0.29) is 24.0 Å². The van der Waals surface area contributed by atoms with Crippen LogP contribution in [-0.4, -0.2) is 16.3 Å². The molecule has 1 rings (SSSR count). The van der Waals surface area contributed by atoms with Gasteiger partial charge in [-0.15, -0.1) is 0 Å². The van der Waals surface area contributed by atoms with Crippen LogP contribution in [-0.2, 0) is 0 Å². The number of pyridine rings is 1. The molecular weight excluding hydrogens is 342 g/mol. The molecule has 0 spiro atoms. The van der Waals surface area contributed by atoms with E-state index in [2.05, 4.69) is 4.98 Å². The maximum Gasteiger partial charge on any atom is 0.241 e. The van der Waals surface area contributed by atoms with E-state index in [0.717, 1.165) is 0 Å². The van der Waals surface area contributed by atoms with E-state index < -0.39 is 0 Å². The summed E-state index contributed by atoms with van der Waals surface area (Å²) in [5, 5.41) is 7.24. The van der Waals surface area contributed by atoms with Gasteiger partial charge in [0.25, 0.3) is 0 Å². The van der Waals surface area contributed by atoms with Gasteiger partial charge in [-0.1, -0.05) is 35.0 Å². The Balaban J connectivity index is 0.00000144. The first-order valence-corrected chi connectivity index (χ1v) is 5.10. The van der Waals surface area contributed by atoms with Crippen molar-refractivity contribution in [2.45, 2.75) is 0 Å². The highest BCUT2D eigenvalue weighted by Gasteiger charge is 2.14. The third kappa shape index (κ3) is 3.27. The smallest absolute Gasteiger partial charge is 0.241 e. The van der Waals surface area contributed by atoms with Crippen LogP contribution >= 0.6 is 35.0 Å². The summed E-state index contributed by atoms with van der Waals surface area (Å²) in [5.41, 5.74) is 0.667. The Hall–Kier alpha value is 0.480. The Kier molecular flexibility index (Phi) is 6.28. The van der Waals surface area contributed by atoms with Crippen LogP contribution in [0.5, 0.6) is 0 Å². The fourth-order valence-electron chi connectivity index (χ4n) is 0.749. The number of thioether (sulfide) groups is 1. The van der Waals surface area contributed by atoms with Gasteiger partial charge in [0.05, 0.1) is 15.6 Å². The summed E-state index contributed by atoms with van der Waals surface area (Å²) in [5.74, 6) is 0. The van der Waals surface area contributed by atoms with Crippen molar-refractivity contribution >= 4 is 40.0 Å². The summed E-state index contributed by atoms with van der Waals surface area (Å²) >= 11 is 13.1. The summed E-state index contributed by atoms with van der Waals surface area (Å²) in [4.78, 5) is 3.82. The Labute approximate surface area is 108 Å². The molecule has 0 fully saturated rings. The Morgan fingerprint density at radius 3 is 2.23 bits per heavy atom. The van der Waals surface area contributed by atoms with E-state index in [1.54, 1.807) is 0 Å². The molecule has 1 aromatic rings. The maximum absolute atomic E-state index is 5.84. The monoisotopic (exact) mass is 348 g/mol. The second-order valence-corrected chi connectivity index (χ2v) is 3.71. The van der Waals surface area contributed by atoms with Crippen LogP contribution in [0.15, 0.2) is 12.4 Å². The van der Waals surface area contributed by atoms with Gasteiger partial charge in [-0.3, -0.25) is 4.98 Å². The second-order valence-electron chi connectivity index (χ2n) is 2.05. The molecule has 0 amide bonds. The van der Waals surface area contributed by atoms with Crippen molar-refractivity contribution in [2.75, 3.05) is 6.26 Å². The van der Waals surface area contributed by atoms with Crippen molar-refractivity contribution in [2.24, 2.45) is 0 Å². The van der Waals surface area contributed by atoms with Gasteiger partial charge in [0, 0.05) is 12.4 Å². The van der Waals surface area contributed by atoms with Crippen LogP contribution in [0.1, 0.15) is 5.56 Å². The van der Waals surface area contributed by atoms with Gasteiger partial charge in [-0.25, -0.2) is 5.41 Å². The maximum atomic E-state index is 5.84. The van der Waals surface area contributed by atoms with Crippen LogP contribution in [0.4, 0.5) is 0 Å². The van der Waals surface area contributed by atoms with E-state index in [9.17, 15) is 0 Å². The molecule has 13 heavy (non-hydrogen) atoms. The molecule has 0 aliphatic heterocycles. The van der Waals surface area contributed by atoms with E-state index in [1.807, 2.05) is 6.26 Å². The van der Waals surface area contributed by atoms with Crippen LogP contribution in [0.25, 0.3) is 0 Å². The number of nitrogens with zero attached hydrogens (tertiary/aromatic N) is 1. The van der Waals surface area contributed by atoms with E-state index in [4.69, 9.17) is 28.6 Å². The molecule has 0 saturated carbocycles. The highest BCUT2D eigenvalue weighted by molar-refractivity contribution is 8.13. The SMILES string of the molecule is CSC(=[NH2+])c1c(Cl)cncc1Cl.[I-]. The molecule has 0 aliphatic rings. The molecule has 0 atom stereocenters. The first-order valence-electron chi connectivity index (χ1n) is 3.12. The van der Waals surface area contributed by atoms with Gasteiger partial charge >= 0.3 is 0 Å². The Morgan fingerprint density at radius 1 is 1.38 bits per heavy atom. The first kappa shape index (κ1) is 13.5. The molecule has 0 aromatic carbocycles. The van der Waals surface area contributed by atoms with Gasteiger partial charge in [-0.2, -0.15) is 0 Å². The second kappa shape index (κ2) is 6.06. The molecule has 72 valence electrons. The lowest BCUT2D eigenvalue weighted by Crippen LogP contribution is -3.00. The summed E-state index contributed by atoms with van der Waals surface area (Å²) in [7, 11) is 0. The molecule has 1 aromatic heterocycles. The highest BCUT2D eigenvalue weighted by Crippen LogP contribution is 2.24. The van der Waals surface area contributed by atoms with Gasteiger partial charge in [0.2, 0.25) is 5.04 Å². The third-order valence-electron chi connectivity index (χ3n) is 1.32. The molecule has 0 aliphatic carbocycles. The highest BCUT2D eigenvalue weighted by atomic mass is 127. The Bertz CT molecular complexity index is 299. The number of rotatable bonds is 1.